The number of fused-ring (bicyclic) bond motifs is 1. The summed E-state index contributed by atoms with van der Waals surface area (Å²) in [5.41, 5.74) is 5.63. The Balaban J connectivity index is 2.06. The largest absolute Gasteiger partial charge is 0.493 e. The highest BCUT2D eigenvalue weighted by molar-refractivity contribution is 5.94. The molecule has 0 aliphatic carbocycles. The molecule has 0 saturated heterocycles. The summed E-state index contributed by atoms with van der Waals surface area (Å²) >= 11 is 0. The molecule has 2 aromatic carbocycles. The number of azo groups is 1. The van der Waals surface area contributed by atoms with Crippen LogP contribution in [0.2, 0.25) is 0 Å². The van der Waals surface area contributed by atoms with Gasteiger partial charge < -0.3 is 10.1 Å². The molecule has 0 spiro atoms. The fraction of sp³-hybridized carbons (Fsp3) is 0.263. The van der Waals surface area contributed by atoms with Gasteiger partial charge >= 0.3 is 0 Å². The van der Waals surface area contributed by atoms with Gasteiger partial charge in [0, 0.05) is 5.39 Å². The van der Waals surface area contributed by atoms with Crippen LogP contribution in [0.15, 0.2) is 46.6 Å². The van der Waals surface area contributed by atoms with Crippen LogP contribution < -0.4 is 0 Å². The molecule has 0 aliphatic rings. The van der Waals surface area contributed by atoms with Crippen molar-refractivity contribution in [1.29, 1.82) is 0 Å². The lowest BCUT2D eigenvalue weighted by Crippen LogP contribution is -1.85. The van der Waals surface area contributed by atoms with E-state index in [2.05, 4.69) is 47.3 Å². The number of aromatic nitrogens is 1. The number of aromatic hydroxyl groups is 1. The third-order valence-corrected chi connectivity index (χ3v) is 3.91. The summed E-state index contributed by atoms with van der Waals surface area (Å²) in [5.74, 6) is 0.467. The molecule has 0 atom stereocenters. The summed E-state index contributed by atoms with van der Waals surface area (Å²) < 4.78 is 0. The minimum Gasteiger partial charge on any atom is -0.493 e. The summed E-state index contributed by atoms with van der Waals surface area (Å²) in [7, 11) is 0. The van der Waals surface area contributed by atoms with E-state index in [9.17, 15) is 5.11 Å². The smallest absolute Gasteiger partial charge is 0.218 e. The topological polar surface area (TPSA) is 60.7 Å². The van der Waals surface area contributed by atoms with Crippen LogP contribution in [0.25, 0.3) is 10.9 Å². The van der Waals surface area contributed by atoms with E-state index in [1.165, 1.54) is 5.56 Å². The number of nitrogens with zero attached hydrogens (tertiary/aromatic N) is 2. The second-order valence-electron chi connectivity index (χ2n) is 6.33. The number of nitrogens with one attached hydrogen (secondary N) is 1. The first-order valence-electron chi connectivity index (χ1n) is 7.78. The molecule has 0 fully saturated rings. The van der Waals surface area contributed by atoms with Crippen LogP contribution >= 0.6 is 0 Å². The minimum atomic E-state index is 0.0500. The molecular formula is C19H21N3O. The van der Waals surface area contributed by atoms with Gasteiger partial charge in [0.05, 0.1) is 11.2 Å². The predicted octanol–water partition coefficient (Wildman–Crippen LogP) is 6.03. The van der Waals surface area contributed by atoms with Crippen molar-refractivity contribution < 1.29 is 5.11 Å². The molecule has 2 N–H and O–H groups in total. The summed E-state index contributed by atoms with van der Waals surface area (Å²) in [6.07, 6.45) is 0. The number of aromatic amines is 1. The van der Waals surface area contributed by atoms with Crippen molar-refractivity contribution in [2.75, 3.05) is 0 Å². The highest BCUT2D eigenvalue weighted by Gasteiger charge is 2.12. The van der Waals surface area contributed by atoms with Crippen molar-refractivity contribution in [3.63, 3.8) is 0 Å². The molecule has 118 valence electrons. The van der Waals surface area contributed by atoms with Gasteiger partial charge in [-0.1, -0.05) is 26.0 Å². The van der Waals surface area contributed by atoms with Gasteiger partial charge in [-0.15, -0.1) is 5.11 Å². The molecule has 3 aromatic rings. The third kappa shape index (κ3) is 3.11. The molecule has 23 heavy (non-hydrogen) atoms. The Morgan fingerprint density at radius 1 is 0.957 bits per heavy atom. The van der Waals surface area contributed by atoms with Crippen molar-refractivity contribution in [3.8, 4) is 5.88 Å². The molecule has 0 saturated carbocycles. The Bertz CT molecular complexity index is 871. The zero-order valence-corrected chi connectivity index (χ0v) is 13.9. The van der Waals surface area contributed by atoms with E-state index >= 15 is 0 Å². The van der Waals surface area contributed by atoms with Crippen LogP contribution in [0.1, 0.15) is 36.5 Å². The van der Waals surface area contributed by atoms with Crippen LogP contribution in [-0.2, 0) is 0 Å². The first-order chi connectivity index (χ1) is 10.9. The average Bonchev–Trinajstić information content (AvgIpc) is 2.78. The summed E-state index contributed by atoms with van der Waals surface area (Å²) in [5, 5.41) is 19.6. The van der Waals surface area contributed by atoms with Gasteiger partial charge in [0.1, 0.15) is 0 Å². The zero-order valence-electron chi connectivity index (χ0n) is 13.9. The molecule has 0 amide bonds. The van der Waals surface area contributed by atoms with E-state index in [0.717, 1.165) is 27.7 Å². The summed E-state index contributed by atoms with van der Waals surface area (Å²) in [6, 6.07) is 12.1. The Morgan fingerprint density at radius 3 is 2.30 bits per heavy atom. The first kappa shape index (κ1) is 15.3. The Hall–Kier alpha value is -2.62. The van der Waals surface area contributed by atoms with Crippen molar-refractivity contribution in [2.24, 2.45) is 10.2 Å². The molecule has 0 unspecified atom stereocenters. The third-order valence-electron chi connectivity index (χ3n) is 3.91. The second kappa shape index (κ2) is 5.88. The van der Waals surface area contributed by atoms with Gasteiger partial charge in [-0.25, -0.2) is 0 Å². The summed E-state index contributed by atoms with van der Waals surface area (Å²) in [6.45, 7) is 8.35. The Labute approximate surface area is 135 Å². The number of rotatable bonds is 3. The number of hydrogen-bond donors (Lipinski definition) is 2. The standard InChI is InChI=1S/C19H21N3O/c1-11(2)14-5-6-17-16(10-14)18(19(23)20-17)22-21-15-8-12(3)7-13(4)9-15/h5-11,20,23H,1-4H3. The first-order valence-corrected chi connectivity index (χ1v) is 7.78. The van der Waals surface area contributed by atoms with Gasteiger partial charge in [-0.3, -0.25) is 0 Å². The van der Waals surface area contributed by atoms with Gasteiger partial charge in [0.2, 0.25) is 5.88 Å². The quantitative estimate of drug-likeness (QED) is 0.570. The minimum absolute atomic E-state index is 0.0500. The van der Waals surface area contributed by atoms with E-state index in [1.54, 1.807) is 0 Å². The number of hydrogen-bond acceptors (Lipinski definition) is 3. The molecule has 0 radical (unpaired) electrons. The molecular weight excluding hydrogens is 286 g/mol. The maximum absolute atomic E-state index is 10.1. The fourth-order valence-corrected chi connectivity index (χ4v) is 2.76. The van der Waals surface area contributed by atoms with E-state index in [-0.39, 0.29) is 5.88 Å². The number of H-pyrrole nitrogens is 1. The van der Waals surface area contributed by atoms with Crippen LogP contribution in [-0.4, -0.2) is 10.1 Å². The zero-order chi connectivity index (χ0) is 16.6. The van der Waals surface area contributed by atoms with E-state index in [1.807, 2.05) is 32.0 Å². The Kier molecular flexibility index (Phi) is 3.90. The second-order valence-corrected chi connectivity index (χ2v) is 6.33. The van der Waals surface area contributed by atoms with E-state index < -0.39 is 0 Å². The van der Waals surface area contributed by atoms with Crippen LogP contribution in [0.5, 0.6) is 5.88 Å². The molecule has 1 aromatic heterocycles. The lowest BCUT2D eigenvalue weighted by atomic mass is 10.0. The maximum Gasteiger partial charge on any atom is 0.218 e. The normalized spacial score (nSPS) is 11.9. The number of aryl methyl sites for hydroxylation is 2. The van der Waals surface area contributed by atoms with Crippen molar-refractivity contribution in [2.45, 2.75) is 33.6 Å². The predicted molar refractivity (Wildman–Crippen MR) is 94.1 cm³/mol. The van der Waals surface area contributed by atoms with Crippen LogP contribution in [0, 0.1) is 13.8 Å². The van der Waals surface area contributed by atoms with Crippen LogP contribution in [0.3, 0.4) is 0 Å². The molecule has 4 nitrogen and oxygen atoms in total. The molecule has 0 aliphatic heterocycles. The van der Waals surface area contributed by atoms with Gasteiger partial charge in [-0.2, -0.15) is 5.11 Å². The van der Waals surface area contributed by atoms with Crippen molar-refractivity contribution >= 4 is 22.3 Å². The van der Waals surface area contributed by atoms with Gasteiger partial charge in [0.15, 0.2) is 5.69 Å². The number of benzene rings is 2. The summed E-state index contributed by atoms with van der Waals surface area (Å²) in [4.78, 5) is 2.95. The average molecular weight is 307 g/mol. The monoisotopic (exact) mass is 307 g/mol. The maximum atomic E-state index is 10.1. The van der Waals surface area contributed by atoms with E-state index in [4.69, 9.17) is 0 Å². The molecule has 1 heterocycles. The lowest BCUT2D eigenvalue weighted by molar-refractivity contribution is 0.459. The van der Waals surface area contributed by atoms with Crippen LogP contribution in [0.4, 0.5) is 11.4 Å². The molecule has 4 heteroatoms. The highest BCUT2D eigenvalue weighted by Crippen LogP contribution is 2.37. The van der Waals surface area contributed by atoms with Gasteiger partial charge in [0.25, 0.3) is 0 Å². The fourth-order valence-electron chi connectivity index (χ4n) is 2.76. The SMILES string of the molecule is Cc1cc(C)cc(N=Nc2c(O)[nH]c3ccc(C(C)C)cc23)c1. The van der Waals surface area contributed by atoms with Gasteiger partial charge in [-0.05, 0) is 60.7 Å². The van der Waals surface area contributed by atoms with Crippen molar-refractivity contribution in [3.05, 3.63) is 53.1 Å². The molecule has 3 rings (SSSR count). The Morgan fingerprint density at radius 2 is 1.65 bits per heavy atom. The molecule has 0 bridgehead atoms. The van der Waals surface area contributed by atoms with Crippen molar-refractivity contribution in [1.82, 2.24) is 4.98 Å². The lowest BCUT2D eigenvalue weighted by Gasteiger charge is -2.04. The highest BCUT2D eigenvalue weighted by atomic mass is 16.3. The van der Waals surface area contributed by atoms with E-state index in [0.29, 0.717) is 11.6 Å².